The van der Waals surface area contributed by atoms with Gasteiger partial charge in [-0.3, -0.25) is 4.79 Å². The van der Waals surface area contributed by atoms with E-state index in [0.717, 1.165) is 0 Å². The molecule has 0 fully saturated rings. The number of carbonyl (C=O) groups is 1. The average molecular weight is 266 g/mol. The van der Waals surface area contributed by atoms with Crippen LogP contribution in [0.5, 0.6) is 0 Å². The van der Waals surface area contributed by atoms with E-state index >= 15 is 0 Å². The third kappa shape index (κ3) is 6.57. The van der Waals surface area contributed by atoms with Gasteiger partial charge in [0, 0.05) is 25.6 Å². The summed E-state index contributed by atoms with van der Waals surface area (Å²) in [6, 6.07) is 0. The van der Waals surface area contributed by atoms with Crippen molar-refractivity contribution in [2.75, 3.05) is 20.1 Å². The Kier molecular flexibility index (Phi) is 6.03. The molecule has 7 nitrogen and oxygen atoms in total. The number of amides is 1. The second-order valence-electron chi connectivity index (χ2n) is 4.60. The lowest BCUT2D eigenvalue weighted by Gasteiger charge is -2.27. The van der Waals surface area contributed by atoms with Crippen LogP contribution in [0.1, 0.15) is 26.7 Å². The summed E-state index contributed by atoms with van der Waals surface area (Å²) in [5, 5.41) is 0. The molecule has 0 bridgehead atoms. The molecule has 0 rings (SSSR count). The van der Waals surface area contributed by atoms with Crippen molar-refractivity contribution in [3.8, 4) is 0 Å². The van der Waals surface area contributed by atoms with Crippen LogP contribution in [0.2, 0.25) is 0 Å². The summed E-state index contributed by atoms with van der Waals surface area (Å²) in [6.07, 6.45) is 0.518. The summed E-state index contributed by atoms with van der Waals surface area (Å²) < 4.78 is 27.3. The molecular weight excluding hydrogens is 244 g/mol. The molecule has 0 aromatic heterocycles. The van der Waals surface area contributed by atoms with E-state index in [9.17, 15) is 13.2 Å². The molecule has 8 heteroatoms. The van der Waals surface area contributed by atoms with E-state index < -0.39 is 21.7 Å². The molecular formula is C9H22N4O3S. The fourth-order valence-corrected chi connectivity index (χ4v) is 2.63. The zero-order chi connectivity index (χ0) is 13.7. The van der Waals surface area contributed by atoms with Crippen LogP contribution in [0.25, 0.3) is 0 Å². The SMILES string of the molecule is CN(CCCN)S(=O)(=O)NC(C)(C)CC(N)=O. The first-order valence-corrected chi connectivity index (χ1v) is 6.78. The highest BCUT2D eigenvalue weighted by Gasteiger charge is 2.28. The van der Waals surface area contributed by atoms with Gasteiger partial charge in [0.1, 0.15) is 0 Å². The number of hydrogen-bond acceptors (Lipinski definition) is 4. The zero-order valence-corrected chi connectivity index (χ0v) is 11.4. The Hall–Kier alpha value is -0.700. The first-order valence-electron chi connectivity index (χ1n) is 5.34. The molecule has 0 spiro atoms. The molecule has 0 aliphatic rings. The fourth-order valence-electron chi connectivity index (χ4n) is 1.33. The quantitative estimate of drug-likeness (QED) is 0.509. The van der Waals surface area contributed by atoms with Gasteiger partial charge in [-0.1, -0.05) is 0 Å². The van der Waals surface area contributed by atoms with E-state index in [0.29, 0.717) is 19.5 Å². The van der Waals surface area contributed by atoms with Gasteiger partial charge in [0.15, 0.2) is 0 Å². The Morgan fingerprint density at radius 2 is 1.94 bits per heavy atom. The van der Waals surface area contributed by atoms with Gasteiger partial charge in [0.25, 0.3) is 10.2 Å². The summed E-state index contributed by atoms with van der Waals surface area (Å²) in [6.45, 7) is 3.96. The average Bonchev–Trinajstić information content (AvgIpc) is 2.09. The molecule has 0 heterocycles. The fraction of sp³-hybridized carbons (Fsp3) is 0.889. The van der Waals surface area contributed by atoms with Crippen molar-refractivity contribution in [1.82, 2.24) is 9.03 Å². The topological polar surface area (TPSA) is 119 Å². The van der Waals surface area contributed by atoms with Gasteiger partial charge in [0.2, 0.25) is 5.91 Å². The van der Waals surface area contributed by atoms with Crippen LogP contribution >= 0.6 is 0 Å². The second-order valence-corrected chi connectivity index (χ2v) is 6.38. The normalized spacial score (nSPS) is 13.0. The summed E-state index contributed by atoms with van der Waals surface area (Å²) >= 11 is 0. The van der Waals surface area contributed by atoms with Gasteiger partial charge in [0.05, 0.1) is 0 Å². The number of hydrogen-bond donors (Lipinski definition) is 3. The number of rotatable bonds is 8. The van der Waals surface area contributed by atoms with Crippen LogP contribution in [-0.2, 0) is 15.0 Å². The Morgan fingerprint density at radius 3 is 2.35 bits per heavy atom. The maximum absolute atomic E-state index is 11.9. The van der Waals surface area contributed by atoms with Crippen LogP contribution in [0.15, 0.2) is 0 Å². The molecule has 17 heavy (non-hydrogen) atoms. The van der Waals surface area contributed by atoms with Gasteiger partial charge >= 0.3 is 0 Å². The minimum absolute atomic E-state index is 0.0586. The number of nitrogens with zero attached hydrogens (tertiary/aromatic N) is 1. The van der Waals surface area contributed by atoms with Gasteiger partial charge in [-0.05, 0) is 26.8 Å². The van der Waals surface area contributed by atoms with E-state index in [-0.39, 0.29) is 6.42 Å². The van der Waals surface area contributed by atoms with Crippen molar-refractivity contribution >= 4 is 16.1 Å². The van der Waals surface area contributed by atoms with Crippen LogP contribution in [0.3, 0.4) is 0 Å². The molecule has 0 saturated carbocycles. The van der Waals surface area contributed by atoms with Crippen LogP contribution in [-0.4, -0.2) is 44.3 Å². The highest BCUT2D eigenvalue weighted by Crippen LogP contribution is 2.11. The number of primary amides is 1. The van der Waals surface area contributed by atoms with E-state index in [1.165, 1.54) is 11.4 Å². The van der Waals surface area contributed by atoms with Gasteiger partial charge < -0.3 is 11.5 Å². The monoisotopic (exact) mass is 266 g/mol. The molecule has 0 aliphatic heterocycles. The number of nitrogens with one attached hydrogen (secondary N) is 1. The van der Waals surface area contributed by atoms with Crippen molar-refractivity contribution in [3.63, 3.8) is 0 Å². The van der Waals surface area contributed by atoms with Crippen LogP contribution in [0.4, 0.5) is 0 Å². The van der Waals surface area contributed by atoms with Gasteiger partial charge in [-0.15, -0.1) is 0 Å². The lowest BCUT2D eigenvalue weighted by molar-refractivity contribution is -0.119. The molecule has 0 aromatic rings. The minimum atomic E-state index is -3.62. The molecule has 0 unspecified atom stereocenters. The first kappa shape index (κ1) is 16.3. The van der Waals surface area contributed by atoms with E-state index in [2.05, 4.69) is 4.72 Å². The number of carbonyl (C=O) groups excluding carboxylic acids is 1. The zero-order valence-electron chi connectivity index (χ0n) is 10.6. The third-order valence-corrected chi connectivity index (χ3v) is 3.92. The Bertz CT molecular complexity index is 353. The molecule has 5 N–H and O–H groups in total. The first-order chi connectivity index (χ1) is 7.60. The second kappa shape index (κ2) is 6.29. The van der Waals surface area contributed by atoms with Gasteiger partial charge in [-0.2, -0.15) is 17.4 Å². The van der Waals surface area contributed by atoms with Crippen molar-refractivity contribution in [1.29, 1.82) is 0 Å². The molecule has 1 amide bonds. The predicted molar refractivity (Wildman–Crippen MR) is 66.2 cm³/mol. The predicted octanol–water partition coefficient (Wildman–Crippen LogP) is -1.24. The van der Waals surface area contributed by atoms with Crippen molar-refractivity contribution in [2.45, 2.75) is 32.2 Å². The van der Waals surface area contributed by atoms with Crippen molar-refractivity contribution in [3.05, 3.63) is 0 Å². The van der Waals surface area contributed by atoms with Crippen molar-refractivity contribution < 1.29 is 13.2 Å². The minimum Gasteiger partial charge on any atom is -0.370 e. The summed E-state index contributed by atoms with van der Waals surface area (Å²) in [4.78, 5) is 10.8. The molecule has 0 saturated heterocycles. The molecule has 0 atom stereocenters. The standard InChI is InChI=1S/C9H22N4O3S/c1-9(2,7-8(11)14)12-17(15,16)13(3)6-4-5-10/h12H,4-7,10H2,1-3H3,(H2,11,14). The lowest BCUT2D eigenvalue weighted by atomic mass is 10.0. The summed E-state index contributed by atoms with van der Waals surface area (Å²) in [5.41, 5.74) is 9.46. The highest BCUT2D eigenvalue weighted by atomic mass is 32.2. The molecule has 102 valence electrons. The largest absolute Gasteiger partial charge is 0.370 e. The Balaban J connectivity index is 4.57. The summed E-state index contributed by atoms with van der Waals surface area (Å²) in [7, 11) is -2.16. The van der Waals surface area contributed by atoms with E-state index in [4.69, 9.17) is 11.5 Å². The highest BCUT2D eigenvalue weighted by molar-refractivity contribution is 7.87. The van der Waals surface area contributed by atoms with Crippen LogP contribution in [0, 0.1) is 0 Å². The maximum atomic E-state index is 11.9. The van der Waals surface area contributed by atoms with Gasteiger partial charge in [-0.25, -0.2) is 0 Å². The maximum Gasteiger partial charge on any atom is 0.279 e. The van der Waals surface area contributed by atoms with Crippen LogP contribution < -0.4 is 16.2 Å². The van der Waals surface area contributed by atoms with Crippen molar-refractivity contribution in [2.24, 2.45) is 11.5 Å². The summed E-state index contributed by atoms with van der Waals surface area (Å²) in [5.74, 6) is -0.553. The lowest BCUT2D eigenvalue weighted by Crippen LogP contribution is -2.51. The Labute approximate surface area is 103 Å². The Morgan fingerprint density at radius 1 is 1.41 bits per heavy atom. The molecule has 0 radical (unpaired) electrons. The van der Waals surface area contributed by atoms with E-state index in [1.807, 2.05) is 0 Å². The van der Waals surface area contributed by atoms with E-state index in [1.54, 1.807) is 13.8 Å². The number of nitrogens with two attached hydrogens (primary N) is 2. The third-order valence-electron chi connectivity index (χ3n) is 2.11. The molecule has 0 aliphatic carbocycles. The molecule has 0 aromatic carbocycles. The smallest absolute Gasteiger partial charge is 0.279 e.